The Bertz CT molecular complexity index is 769. The minimum absolute atomic E-state index is 0.202. The van der Waals surface area contributed by atoms with Gasteiger partial charge >= 0.3 is 18.3 Å². The maximum Gasteiger partial charge on any atom is 0.433 e. The van der Waals surface area contributed by atoms with Gasteiger partial charge in [0.2, 0.25) is 0 Å². The van der Waals surface area contributed by atoms with Gasteiger partial charge in [-0.3, -0.25) is 0 Å². The summed E-state index contributed by atoms with van der Waals surface area (Å²) in [6, 6.07) is 2.14. The number of nitrogens with zero attached hydrogens (tertiary/aromatic N) is 1. The van der Waals surface area contributed by atoms with Gasteiger partial charge in [-0.15, -0.1) is 0 Å². The van der Waals surface area contributed by atoms with E-state index >= 15 is 0 Å². The summed E-state index contributed by atoms with van der Waals surface area (Å²) in [7, 11) is 0. The van der Waals surface area contributed by atoms with Crippen molar-refractivity contribution in [1.29, 1.82) is 0 Å². The molecule has 1 aromatic heterocycles. The summed E-state index contributed by atoms with van der Waals surface area (Å²) in [4.78, 5) is 13.9. The second-order valence-corrected chi connectivity index (χ2v) is 4.59. The van der Waals surface area contributed by atoms with Crippen molar-refractivity contribution in [3.8, 4) is 0 Å². The summed E-state index contributed by atoms with van der Waals surface area (Å²) < 4.78 is 76.7. The van der Waals surface area contributed by atoms with Gasteiger partial charge < -0.3 is 5.11 Å². The Morgan fingerprint density at radius 2 is 1.68 bits per heavy atom. The molecule has 1 heterocycles. The van der Waals surface area contributed by atoms with Crippen molar-refractivity contribution in [3.63, 3.8) is 0 Å². The van der Waals surface area contributed by atoms with Gasteiger partial charge in [0.25, 0.3) is 0 Å². The first-order valence-corrected chi connectivity index (χ1v) is 5.81. The molecule has 1 aromatic carbocycles. The normalized spacial score (nSPS) is 12.7. The van der Waals surface area contributed by atoms with Crippen LogP contribution in [0, 0.1) is 0 Å². The number of carboxylic acids is 1. The van der Waals surface area contributed by atoms with Gasteiger partial charge in [-0.1, -0.05) is 17.7 Å². The number of aromatic nitrogens is 1. The van der Waals surface area contributed by atoms with Crippen LogP contribution in [0.5, 0.6) is 0 Å². The topological polar surface area (TPSA) is 50.2 Å². The first kappa shape index (κ1) is 16.3. The molecule has 3 nitrogen and oxygen atoms in total. The van der Waals surface area contributed by atoms with Crippen LogP contribution in [0.3, 0.4) is 0 Å². The quantitative estimate of drug-likeness (QED) is 0.768. The molecule has 22 heavy (non-hydrogen) atoms. The van der Waals surface area contributed by atoms with Gasteiger partial charge in [0.1, 0.15) is 5.56 Å². The van der Waals surface area contributed by atoms with E-state index in [-0.39, 0.29) is 6.07 Å². The smallest absolute Gasteiger partial charge is 0.433 e. The van der Waals surface area contributed by atoms with Gasteiger partial charge in [-0.25, -0.2) is 9.78 Å². The average Bonchev–Trinajstić information content (AvgIpc) is 2.34. The number of halogens is 7. The second-order valence-electron chi connectivity index (χ2n) is 4.18. The molecule has 1 N–H and O–H groups in total. The van der Waals surface area contributed by atoms with Crippen molar-refractivity contribution in [2.45, 2.75) is 12.4 Å². The summed E-state index contributed by atoms with van der Waals surface area (Å²) in [5.74, 6) is -1.70. The zero-order valence-electron chi connectivity index (χ0n) is 10.2. The number of benzene rings is 1. The molecule has 0 aliphatic carbocycles. The van der Waals surface area contributed by atoms with Crippen molar-refractivity contribution >= 4 is 28.5 Å². The number of hydrogen-bond donors (Lipinski definition) is 1. The summed E-state index contributed by atoms with van der Waals surface area (Å²) in [5.41, 5.74) is -5.76. The van der Waals surface area contributed by atoms with Crippen LogP contribution in [-0.2, 0) is 12.4 Å². The van der Waals surface area contributed by atoms with E-state index < -0.39 is 51.1 Å². The highest BCUT2D eigenvalue weighted by molar-refractivity contribution is 6.35. The fourth-order valence-corrected chi connectivity index (χ4v) is 2.08. The highest BCUT2D eigenvalue weighted by Crippen LogP contribution is 2.41. The lowest BCUT2D eigenvalue weighted by atomic mass is 10.0. The van der Waals surface area contributed by atoms with E-state index in [1.807, 2.05) is 0 Å². The van der Waals surface area contributed by atoms with E-state index in [9.17, 15) is 31.1 Å². The number of carboxylic acid groups (broad SMARTS) is 1. The molecule has 0 fully saturated rings. The van der Waals surface area contributed by atoms with Gasteiger partial charge in [-0.2, -0.15) is 26.3 Å². The Kier molecular flexibility index (Phi) is 3.72. The standard InChI is InChI=1S/C12H4ClF6NO2/c13-6-2-1-4-3-5(11(14,15)16)9(12(17,18)19)20-8(4)7(6)10(21)22/h1-3H,(H,21,22). The molecule has 2 aromatic rings. The molecule has 0 atom stereocenters. The minimum atomic E-state index is -5.41. The van der Waals surface area contributed by atoms with E-state index in [1.54, 1.807) is 0 Å². The Labute approximate surface area is 123 Å². The molecular formula is C12H4ClF6NO2. The van der Waals surface area contributed by atoms with Crippen LogP contribution in [0.25, 0.3) is 10.9 Å². The molecular weight excluding hydrogens is 340 g/mol. The molecule has 0 spiro atoms. The van der Waals surface area contributed by atoms with E-state index in [4.69, 9.17) is 16.7 Å². The number of aromatic carboxylic acids is 1. The Morgan fingerprint density at radius 3 is 2.14 bits per heavy atom. The Hall–Kier alpha value is -2.03. The molecule has 0 unspecified atom stereocenters. The minimum Gasteiger partial charge on any atom is -0.478 e. The van der Waals surface area contributed by atoms with E-state index in [2.05, 4.69) is 4.98 Å². The van der Waals surface area contributed by atoms with Crippen LogP contribution >= 0.6 is 11.6 Å². The average molecular weight is 344 g/mol. The summed E-state index contributed by atoms with van der Waals surface area (Å²) >= 11 is 5.57. The lowest BCUT2D eigenvalue weighted by Gasteiger charge is -2.16. The molecule has 0 aliphatic heterocycles. The number of pyridine rings is 1. The van der Waals surface area contributed by atoms with Crippen molar-refractivity contribution < 1.29 is 36.2 Å². The van der Waals surface area contributed by atoms with Gasteiger partial charge in [0.05, 0.1) is 16.1 Å². The van der Waals surface area contributed by atoms with Crippen molar-refractivity contribution in [2.24, 2.45) is 0 Å². The van der Waals surface area contributed by atoms with E-state index in [0.717, 1.165) is 12.1 Å². The summed E-state index contributed by atoms with van der Waals surface area (Å²) in [6.07, 6.45) is -10.7. The number of rotatable bonds is 1. The fourth-order valence-electron chi connectivity index (χ4n) is 1.85. The zero-order chi connectivity index (χ0) is 16.9. The highest BCUT2D eigenvalue weighted by Gasteiger charge is 2.45. The first-order valence-electron chi connectivity index (χ1n) is 5.44. The molecule has 0 saturated carbocycles. The van der Waals surface area contributed by atoms with Crippen molar-refractivity contribution in [1.82, 2.24) is 4.98 Å². The van der Waals surface area contributed by atoms with Gasteiger partial charge in [0.15, 0.2) is 5.69 Å². The lowest BCUT2D eigenvalue weighted by Crippen LogP contribution is -2.19. The molecule has 0 radical (unpaired) electrons. The monoisotopic (exact) mass is 343 g/mol. The first-order chi connectivity index (χ1) is 9.93. The number of alkyl halides is 6. The van der Waals surface area contributed by atoms with Crippen molar-refractivity contribution in [2.75, 3.05) is 0 Å². The van der Waals surface area contributed by atoms with Crippen LogP contribution in [0.15, 0.2) is 18.2 Å². The molecule has 2 rings (SSSR count). The molecule has 0 amide bonds. The maximum atomic E-state index is 12.8. The SMILES string of the molecule is O=C(O)c1c(Cl)ccc2cc(C(F)(F)F)c(C(F)(F)F)nc12. The van der Waals surface area contributed by atoms with Crippen LogP contribution < -0.4 is 0 Å². The van der Waals surface area contributed by atoms with Crippen LogP contribution in [-0.4, -0.2) is 16.1 Å². The largest absolute Gasteiger partial charge is 0.478 e. The molecule has 0 bridgehead atoms. The van der Waals surface area contributed by atoms with E-state index in [1.165, 1.54) is 0 Å². The molecule has 0 saturated heterocycles. The third kappa shape index (κ3) is 2.80. The maximum absolute atomic E-state index is 12.8. The Balaban J connectivity index is 2.97. The predicted molar refractivity (Wildman–Crippen MR) is 63.7 cm³/mol. The van der Waals surface area contributed by atoms with Gasteiger partial charge in [-0.05, 0) is 12.1 Å². The number of hydrogen-bond acceptors (Lipinski definition) is 2. The third-order valence-electron chi connectivity index (χ3n) is 2.72. The highest BCUT2D eigenvalue weighted by atomic mass is 35.5. The van der Waals surface area contributed by atoms with Crippen LogP contribution in [0.2, 0.25) is 5.02 Å². The number of fused-ring (bicyclic) bond motifs is 1. The molecule has 118 valence electrons. The molecule has 0 aliphatic rings. The van der Waals surface area contributed by atoms with Gasteiger partial charge in [0, 0.05) is 5.39 Å². The number of carbonyl (C=O) groups is 1. The Morgan fingerprint density at radius 1 is 1.09 bits per heavy atom. The molecule has 10 heteroatoms. The predicted octanol–water partition coefficient (Wildman–Crippen LogP) is 4.62. The summed E-state index contributed by atoms with van der Waals surface area (Å²) in [5, 5.41) is 8.11. The second kappa shape index (κ2) is 5.01. The van der Waals surface area contributed by atoms with Crippen LogP contribution in [0.1, 0.15) is 21.6 Å². The van der Waals surface area contributed by atoms with E-state index in [0.29, 0.717) is 0 Å². The third-order valence-corrected chi connectivity index (χ3v) is 3.04. The lowest BCUT2D eigenvalue weighted by molar-refractivity contribution is -0.164. The summed E-state index contributed by atoms with van der Waals surface area (Å²) in [6.45, 7) is 0. The van der Waals surface area contributed by atoms with Crippen LogP contribution in [0.4, 0.5) is 26.3 Å². The van der Waals surface area contributed by atoms with Crippen molar-refractivity contribution in [3.05, 3.63) is 40.0 Å². The zero-order valence-corrected chi connectivity index (χ0v) is 10.9. The fraction of sp³-hybridized carbons (Fsp3) is 0.167.